The number of guanidine groups is 1. The van der Waals surface area contributed by atoms with Crippen LogP contribution in [0.4, 0.5) is 11.4 Å². The van der Waals surface area contributed by atoms with E-state index < -0.39 is 0 Å². The summed E-state index contributed by atoms with van der Waals surface area (Å²) in [6.45, 7) is 4.04. The molecule has 0 amide bonds. The number of aliphatic imine (C=N–C) groups is 1. The number of rotatable bonds is 4. The fraction of sp³-hybridized carbons (Fsp3) is 0.318. The Morgan fingerprint density at radius 2 is 1.72 bits per heavy atom. The molecule has 0 atom stereocenters. The highest BCUT2D eigenvalue weighted by molar-refractivity contribution is 14.0. The maximum absolute atomic E-state index is 5.75. The van der Waals surface area contributed by atoms with Crippen LogP contribution in [0.2, 0.25) is 0 Å². The van der Waals surface area contributed by atoms with E-state index in [1.165, 1.54) is 11.3 Å². The van der Waals surface area contributed by atoms with Gasteiger partial charge >= 0.3 is 0 Å². The molecule has 0 aliphatic carbocycles. The Labute approximate surface area is 189 Å². The van der Waals surface area contributed by atoms with Crippen LogP contribution in [0.15, 0.2) is 59.6 Å². The molecule has 0 saturated heterocycles. The molecule has 0 saturated carbocycles. The van der Waals surface area contributed by atoms with Crippen LogP contribution >= 0.6 is 24.0 Å². The van der Waals surface area contributed by atoms with Gasteiger partial charge in [0.05, 0.1) is 13.2 Å². The summed E-state index contributed by atoms with van der Waals surface area (Å²) < 4.78 is 11.4. The zero-order chi connectivity index (χ0) is 19.2. The minimum absolute atomic E-state index is 0. The quantitative estimate of drug-likeness (QED) is 0.284. The average molecular weight is 506 g/mol. The van der Waals surface area contributed by atoms with Gasteiger partial charge in [0, 0.05) is 50.5 Å². The van der Waals surface area contributed by atoms with Crippen molar-refractivity contribution in [2.24, 2.45) is 4.99 Å². The van der Waals surface area contributed by atoms with Crippen molar-refractivity contribution < 1.29 is 9.47 Å². The standard InChI is InChI=1S/C22H26N4O2.HI/c1-23-22(25-18-7-10-20-21(15-18)28-14-4-13-27-20)24-16-17-5-8-19(9-6-17)26-11-2-3-12-26;/h2-3,5-10,15H,4,11-14,16H2,1H3,(H2,23,24,25);1H. The Morgan fingerprint density at radius 1 is 1.00 bits per heavy atom. The van der Waals surface area contributed by atoms with Gasteiger partial charge in [-0.2, -0.15) is 0 Å². The lowest BCUT2D eigenvalue weighted by molar-refractivity contribution is 0.297. The van der Waals surface area contributed by atoms with Gasteiger partial charge in [0.15, 0.2) is 17.5 Å². The summed E-state index contributed by atoms with van der Waals surface area (Å²) in [5, 5.41) is 6.67. The van der Waals surface area contributed by atoms with E-state index in [1.54, 1.807) is 7.05 Å². The zero-order valence-corrected chi connectivity index (χ0v) is 18.9. The van der Waals surface area contributed by atoms with Crippen molar-refractivity contribution in [1.82, 2.24) is 5.32 Å². The van der Waals surface area contributed by atoms with Gasteiger partial charge in [-0.3, -0.25) is 4.99 Å². The number of ether oxygens (including phenoxy) is 2. The first-order valence-corrected chi connectivity index (χ1v) is 9.68. The number of anilines is 2. The topological polar surface area (TPSA) is 58.1 Å². The molecule has 0 bridgehead atoms. The molecule has 2 aromatic carbocycles. The first kappa shape index (κ1) is 21.3. The number of benzene rings is 2. The fourth-order valence-electron chi connectivity index (χ4n) is 3.26. The third kappa shape index (κ3) is 5.56. The minimum atomic E-state index is 0. The normalized spacial score (nSPS) is 15.5. The van der Waals surface area contributed by atoms with Crippen molar-refractivity contribution in [2.45, 2.75) is 13.0 Å². The first-order chi connectivity index (χ1) is 13.8. The van der Waals surface area contributed by atoms with Crippen molar-refractivity contribution in [2.75, 3.05) is 43.6 Å². The third-order valence-corrected chi connectivity index (χ3v) is 4.81. The van der Waals surface area contributed by atoms with E-state index in [4.69, 9.17) is 9.47 Å². The van der Waals surface area contributed by atoms with Crippen molar-refractivity contribution in [3.8, 4) is 11.5 Å². The van der Waals surface area contributed by atoms with Gasteiger partial charge in [0.2, 0.25) is 0 Å². The van der Waals surface area contributed by atoms with E-state index in [0.717, 1.165) is 36.7 Å². The molecule has 2 N–H and O–H groups in total. The predicted octanol–water partition coefficient (Wildman–Crippen LogP) is 4.03. The molecule has 2 aliphatic heterocycles. The molecule has 0 fully saturated rings. The molecular formula is C22H27IN4O2. The van der Waals surface area contributed by atoms with Gasteiger partial charge in [-0.25, -0.2) is 0 Å². The molecule has 29 heavy (non-hydrogen) atoms. The van der Waals surface area contributed by atoms with Crippen LogP contribution in [0, 0.1) is 0 Å². The van der Waals surface area contributed by atoms with E-state index in [0.29, 0.717) is 25.7 Å². The third-order valence-electron chi connectivity index (χ3n) is 4.81. The van der Waals surface area contributed by atoms with Crippen molar-refractivity contribution in [1.29, 1.82) is 0 Å². The Kier molecular flexibility index (Phi) is 7.62. The molecule has 6 nitrogen and oxygen atoms in total. The van der Waals surface area contributed by atoms with Crippen LogP contribution in [-0.2, 0) is 6.54 Å². The summed E-state index contributed by atoms with van der Waals surface area (Å²) in [6.07, 6.45) is 5.29. The van der Waals surface area contributed by atoms with Gasteiger partial charge in [-0.15, -0.1) is 24.0 Å². The summed E-state index contributed by atoms with van der Waals surface area (Å²) in [7, 11) is 1.77. The van der Waals surface area contributed by atoms with Crippen molar-refractivity contribution in [3.63, 3.8) is 0 Å². The average Bonchev–Trinajstić information content (AvgIpc) is 3.17. The lowest BCUT2D eigenvalue weighted by Crippen LogP contribution is -2.30. The summed E-state index contributed by atoms with van der Waals surface area (Å²) >= 11 is 0. The number of nitrogens with zero attached hydrogens (tertiary/aromatic N) is 2. The monoisotopic (exact) mass is 506 g/mol. The second-order valence-electron chi connectivity index (χ2n) is 6.81. The van der Waals surface area contributed by atoms with Crippen LogP contribution in [0.3, 0.4) is 0 Å². The van der Waals surface area contributed by atoms with Crippen LogP contribution in [0.5, 0.6) is 11.5 Å². The van der Waals surface area contributed by atoms with E-state index >= 15 is 0 Å². The summed E-state index contributed by atoms with van der Waals surface area (Å²) in [5.41, 5.74) is 3.37. The van der Waals surface area contributed by atoms with Gasteiger partial charge in [-0.1, -0.05) is 24.3 Å². The van der Waals surface area contributed by atoms with Crippen molar-refractivity contribution >= 4 is 41.3 Å². The molecule has 0 radical (unpaired) electrons. The lowest BCUT2D eigenvalue weighted by atomic mass is 10.2. The number of fused-ring (bicyclic) bond motifs is 1. The van der Waals surface area contributed by atoms with Crippen LogP contribution < -0.4 is 25.0 Å². The maximum Gasteiger partial charge on any atom is 0.195 e. The summed E-state index contributed by atoms with van der Waals surface area (Å²) in [6, 6.07) is 14.5. The number of halogens is 1. The van der Waals surface area contributed by atoms with Gasteiger partial charge in [0.25, 0.3) is 0 Å². The fourth-order valence-corrected chi connectivity index (χ4v) is 3.26. The molecule has 7 heteroatoms. The van der Waals surface area contributed by atoms with E-state index in [1.807, 2.05) is 18.2 Å². The minimum Gasteiger partial charge on any atom is -0.490 e. The predicted molar refractivity (Wildman–Crippen MR) is 129 cm³/mol. The number of nitrogens with one attached hydrogen (secondary N) is 2. The van der Waals surface area contributed by atoms with Gasteiger partial charge in [0.1, 0.15) is 0 Å². The summed E-state index contributed by atoms with van der Waals surface area (Å²) in [4.78, 5) is 6.65. The molecule has 2 aromatic rings. The van der Waals surface area contributed by atoms with Gasteiger partial charge < -0.3 is 25.0 Å². The molecule has 0 unspecified atom stereocenters. The highest BCUT2D eigenvalue weighted by Gasteiger charge is 2.11. The Morgan fingerprint density at radius 3 is 2.45 bits per heavy atom. The van der Waals surface area contributed by atoms with E-state index in [-0.39, 0.29) is 24.0 Å². The molecule has 4 rings (SSSR count). The molecule has 2 heterocycles. The molecule has 0 spiro atoms. The van der Waals surface area contributed by atoms with Crippen LogP contribution in [0.25, 0.3) is 0 Å². The highest BCUT2D eigenvalue weighted by Crippen LogP contribution is 2.32. The number of hydrogen-bond donors (Lipinski definition) is 2. The Balaban J connectivity index is 0.00000240. The molecule has 0 aromatic heterocycles. The first-order valence-electron chi connectivity index (χ1n) is 9.68. The summed E-state index contributed by atoms with van der Waals surface area (Å²) in [5.74, 6) is 2.27. The second kappa shape index (κ2) is 10.4. The molecule has 2 aliphatic rings. The number of hydrogen-bond acceptors (Lipinski definition) is 4. The van der Waals surface area contributed by atoms with E-state index in [9.17, 15) is 0 Å². The molecule has 154 valence electrons. The Hall–Kier alpha value is -2.42. The zero-order valence-electron chi connectivity index (χ0n) is 16.6. The smallest absolute Gasteiger partial charge is 0.195 e. The van der Waals surface area contributed by atoms with E-state index in [2.05, 4.69) is 56.9 Å². The van der Waals surface area contributed by atoms with Gasteiger partial charge in [-0.05, 0) is 29.8 Å². The largest absolute Gasteiger partial charge is 0.490 e. The van der Waals surface area contributed by atoms with Crippen LogP contribution in [-0.4, -0.2) is 39.3 Å². The SMILES string of the molecule is CN=C(NCc1ccc(N2CC=CC2)cc1)Nc1ccc2c(c1)OCCCO2.I. The molecular weight excluding hydrogens is 479 g/mol. The second-order valence-corrected chi connectivity index (χ2v) is 6.81. The van der Waals surface area contributed by atoms with Crippen LogP contribution in [0.1, 0.15) is 12.0 Å². The van der Waals surface area contributed by atoms with Crippen molar-refractivity contribution in [3.05, 3.63) is 60.2 Å². The highest BCUT2D eigenvalue weighted by atomic mass is 127. The lowest BCUT2D eigenvalue weighted by Gasteiger charge is -2.18. The Bertz CT molecular complexity index is 860. The maximum atomic E-state index is 5.75.